The van der Waals surface area contributed by atoms with Gasteiger partial charge in [-0.15, -0.1) is 10.2 Å². The lowest BCUT2D eigenvalue weighted by Crippen LogP contribution is -2.24. The number of thioether (sulfide) groups is 1. The highest BCUT2D eigenvalue weighted by Crippen LogP contribution is 2.27. The minimum atomic E-state index is -0.840. The van der Waals surface area contributed by atoms with Crippen molar-refractivity contribution in [1.29, 1.82) is 0 Å². The Kier molecular flexibility index (Phi) is 4.51. The van der Waals surface area contributed by atoms with Gasteiger partial charge in [0, 0.05) is 5.75 Å². The van der Waals surface area contributed by atoms with Crippen LogP contribution >= 0.6 is 11.8 Å². The van der Waals surface area contributed by atoms with Gasteiger partial charge in [-0.25, -0.2) is 4.57 Å². The second-order valence-electron chi connectivity index (χ2n) is 7.62. The summed E-state index contributed by atoms with van der Waals surface area (Å²) >= 11 is 1.42. The number of aryl methyl sites for hydroxylation is 2. The van der Waals surface area contributed by atoms with Crippen LogP contribution in [0.4, 0.5) is 0 Å². The first kappa shape index (κ1) is 18.7. The SMILES string of the molecule is Cc1cccc(C)c1-n1c(=O)c2ccccc2n2c(SCC(C)(C)O)nnc12. The normalized spacial score (nSPS) is 12.2. The summed E-state index contributed by atoms with van der Waals surface area (Å²) in [5.41, 5.74) is 2.61. The number of aromatic nitrogens is 4. The van der Waals surface area contributed by atoms with Crippen molar-refractivity contribution in [1.82, 2.24) is 19.2 Å². The van der Waals surface area contributed by atoms with Gasteiger partial charge in [-0.2, -0.15) is 0 Å². The zero-order valence-corrected chi connectivity index (χ0v) is 17.1. The van der Waals surface area contributed by atoms with E-state index >= 15 is 0 Å². The van der Waals surface area contributed by atoms with Crippen LogP contribution in [0.2, 0.25) is 0 Å². The fourth-order valence-electron chi connectivity index (χ4n) is 3.37. The van der Waals surface area contributed by atoms with E-state index in [-0.39, 0.29) is 5.56 Å². The first-order chi connectivity index (χ1) is 13.3. The summed E-state index contributed by atoms with van der Waals surface area (Å²) in [6, 6.07) is 13.4. The van der Waals surface area contributed by atoms with Crippen molar-refractivity contribution >= 4 is 28.4 Å². The van der Waals surface area contributed by atoms with Crippen molar-refractivity contribution in [2.45, 2.75) is 38.5 Å². The van der Waals surface area contributed by atoms with Crippen LogP contribution in [0.3, 0.4) is 0 Å². The van der Waals surface area contributed by atoms with E-state index in [1.807, 2.05) is 60.7 Å². The van der Waals surface area contributed by atoms with E-state index in [0.717, 1.165) is 22.3 Å². The van der Waals surface area contributed by atoms with Crippen LogP contribution in [0, 0.1) is 13.8 Å². The summed E-state index contributed by atoms with van der Waals surface area (Å²) < 4.78 is 3.55. The molecule has 0 aliphatic rings. The molecule has 7 heteroatoms. The van der Waals surface area contributed by atoms with Crippen LogP contribution in [0.15, 0.2) is 52.4 Å². The number of rotatable bonds is 4. The minimum absolute atomic E-state index is 0.119. The van der Waals surface area contributed by atoms with Gasteiger partial charge in [-0.1, -0.05) is 42.1 Å². The van der Waals surface area contributed by atoms with Crippen LogP contribution < -0.4 is 5.56 Å². The van der Waals surface area contributed by atoms with Crippen molar-refractivity contribution in [3.63, 3.8) is 0 Å². The van der Waals surface area contributed by atoms with E-state index in [2.05, 4.69) is 10.2 Å². The average Bonchev–Trinajstić information content (AvgIpc) is 3.06. The molecule has 0 bridgehead atoms. The Labute approximate surface area is 166 Å². The fraction of sp³-hybridized carbons (Fsp3) is 0.286. The highest BCUT2D eigenvalue weighted by atomic mass is 32.2. The van der Waals surface area contributed by atoms with Crippen LogP contribution in [0.5, 0.6) is 0 Å². The molecule has 0 saturated carbocycles. The Morgan fingerprint density at radius 2 is 1.71 bits per heavy atom. The number of hydrogen-bond acceptors (Lipinski definition) is 5. The maximum Gasteiger partial charge on any atom is 0.267 e. The highest BCUT2D eigenvalue weighted by molar-refractivity contribution is 7.99. The van der Waals surface area contributed by atoms with Crippen LogP contribution in [-0.2, 0) is 0 Å². The Morgan fingerprint density at radius 1 is 1.04 bits per heavy atom. The standard InChI is InChI=1S/C21H22N4O2S/c1-13-8-7-9-14(2)17(13)25-18(26)15-10-5-6-11-16(15)24-19(25)22-23-20(24)28-12-21(3,4)27/h5-11,27H,12H2,1-4H3. The van der Waals surface area contributed by atoms with Gasteiger partial charge in [-0.3, -0.25) is 9.20 Å². The number of para-hydroxylation sites is 2. The third-order valence-corrected chi connectivity index (χ3v) is 5.99. The third kappa shape index (κ3) is 3.10. The predicted octanol–water partition coefficient (Wildman–Crippen LogP) is 3.51. The second kappa shape index (κ2) is 6.76. The molecule has 0 radical (unpaired) electrons. The first-order valence-electron chi connectivity index (χ1n) is 9.08. The van der Waals surface area contributed by atoms with Gasteiger partial charge < -0.3 is 5.11 Å². The molecule has 4 aromatic rings. The van der Waals surface area contributed by atoms with Crippen molar-refractivity contribution in [2.24, 2.45) is 0 Å². The molecule has 0 fully saturated rings. The lowest BCUT2D eigenvalue weighted by atomic mass is 10.1. The molecule has 0 unspecified atom stereocenters. The Morgan fingerprint density at radius 3 is 2.39 bits per heavy atom. The molecule has 144 valence electrons. The molecule has 28 heavy (non-hydrogen) atoms. The lowest BCUT2D eigenvalue weighted by molar-refractivity contribution is 0.107. The largest absolute Gasteiger partial charge is 0.390 e. The quantitative estimate of drug-likeness (QED) is 0.536. The second-order valence-corrected chi connectivity index (χ2v) is 8.56. The fourth-order valence-corrected chi connectivity index (χ4v) is 4.26. The summed E-state index contributed by atoms with van der Waals surface area (Å²) in [6.07, 6.45) is 0. The zero-order chi connectivity index (χ0) is 20.1. The maximum absolute atomic E-state index is 13.4. The van der Waals surface area contributed by atoms with Crippen molar-refractivity contribution in [3.05, 3.63) is 63.9 Å². The summed E-state index contributed by atoms with van der Waals surface area (Å²) in [5, 5.41) is 20.1. The minimum Gasteiger partial charge on any atom is -0.390 e. The zero-order valence-electron chi connectivity index (χ0n) is 16.3. The topological polar surface area (TPSA) is 72.4 Å². The van der Waals surface area contributed by atoms with Crippen molar-refractivity contribution < 1.29 is 5.11 Å². The summed E-state index contributed by atoms with van der Waals surface area (Å²) in [4.78, 5) is 13.4. The Balaban J connectivity index is 2.10. The Hall–Kier alpha value is -2.64. The molecule has 0 saturated heterocycles. The summed E-state index contributed by atoms with van der Waals surface area (Å²) in [5.74, 6) is 0.935. The molecule has 2 heterocycles. The summed E-state index contributed by atoms with van der Waals surface area (Å²) in [7, 11) is 0. The third-order valence-electron chi connectivity index (χ3n) is 4.61. The number of nitrogens with zero attached hydrogens (tertiary/aromatic N) is 4. The van der Waals surface area contributed by atoms with Crippen LogP contribution in [-0.4, -0.2) is 35.6 Å². The smallest absolute Gasteiger partial charge is 0.267 e. The molecule has 2 aromatic carbocycles. The van der Waals surface area contributed by atoms with Gasteiger partial charge in [0.25, 0.3) is 5.56 Å². The molecule has 6 nitrogen and oxygen atoms in total. The van der Waals surface area contributed by atoms with E-state index in [4.69, 9.17) is 0 Å². The van der Waals surface area contributed by atoms with Crippen molar-refractivity contribution in [3.8, 4) is 5.69 Å². The number of aliphatic hydroxyl groups is 1. The van der Waals surface area contributed by atoms with Gasteiger partial charge in [0.2, 0.25) is 5.78 Å². The summed E-state index contributed by atoms with van der Waals surface area (Å²) in [6.45, 7) is 7.49. The number of hydrogen-bond donors (Lipinski definition) is 1. The van der Waals surface area contributed by atoms with Gasteiger partial charge in [-0.05, 0) is 51.0 Å². The maximum atomic E-state index is 13.4. The highest BCUT2D eigenvalue weighted by Gasteiger charge is 2.21. The molecule has 1 N–H and O–H groups in total. The molecule has 0 spiro atoms. The van der Waals surface area contributed by atoms with E-state index in [0.29, 0.717) is 22.1 Å². The van der Waals surface area contributed by atoms with E-state index in [1.165, 1.54) is 11.8 Å². The van der Waals surface area contributed by atoms with E-state index < -0.39 is 5.60 Å². The predicted molar refractivity (Wildman–Crippen MR) is 113 cm³/mol. The van der Waals surface area contributed by atoms with Crippen LogP contribution in [0.1, 0.15) is 25.0 Å². The molecular weight excluding hydrogens is 372 g/mol. The molecule has 0 atom stereocenters. The van der Waals surface area contributed by atoms with Gasteiger partial charge in [0.1, 0.15) is 0 Å². The monoisotopic (exact) mass is 394 g/mol. The molecule has 0 aliphatic heterocycles. The number of benzene rings is 2. The molecular formula is C21H22N4O2S. The van der Waals surface area contributed by atoms with Crippen molar-refractivity contribution in [2.75, 3.05) is 5.75 Å². The molecule has 2 aromatic heterocycles. The molecule has 0 amide bonds. The molecule has 0 aliphatic carbocycles. The number of fused-ring (bicyclic) bond motifs is 3. The molecule has 4 rings (SSSR count). The van der Waals surface area contributed by atoms with Crippen LogP contribution in [0.25, 0.3) is 22.4 Å². The van der Waals surface area contributed by atoms with Gasteiger partial charge in [0.15, 0.2) is 5.16 Å². The van der Waals surface area contributed by atoms with E-state index in [1.54, 1.807) is 18.4 Å². The first-order valence-corrected chi connectivity index (χ1v) is 10.1. The van der Waals surface area contributed by atoms with Gasteiger partial charge in [0.05, 0.1) is 22.2 Å². The average molecular weight is 395 g/mol. The van der Waals surface area contributed by atoms with E-state index in [9.17, 15) is 9.90 Å². The van der Waals surface area contributed by atoms with Gasteiger partial charge >= 0.3 is 0 Å². The lowest BCUT2D eigenvalue weighted by Gasteiger charge is -2.17. The Bertz CT molecular complexity index is 1230.